The van der Waals surface area contributed by atoms with Gasteiger partial charge in [-0.25, -0.2) is 4.79 Å². The van der Waals surface area contributed by atoms with Crippen LogP contribution in [0.5, 0.6) is 0 Å². The van der Waals surface area contributed by atoms with Gasteiger partial charge in [0.2, 0.25) is 0 Å². The number of ether oxygens (including phenoxy) is 1. The minimum Gasteiger partial charge on any atom is -0.445 e. The van der Waals surface area contributed by atoms with Gasteiger partial charge in [-0.05, 0) is 70.1 Å². The highest BCUT2D eigenvalue weighted by Gasteiger charge is 2.29. The van der Waals surface area contributed by atoms with Crippen LogP contribution in [-0.4, -0.2) is 72.0 Å². The van der Waals surface area contributed by atoms with Crippen LogP contribution in [0.15, 0.2) is 30.3 Å². The van der Waals surface area contributed by atoms with Crippen molar-refractivity contribution in [3.05, 3.63) is 35.9 Å². The number of amides is 1. The lowest BCUT2D eigenvalue weighted by Gasteiger charge is -2.37. The fourth-order valence-electron chi connectivity index (χ4n) is 4.49. The van der Waals surface area contributed by atoms with Gasteiger partial charge in [0, 0.05) is 25.8 Å². The SMILES string of the molecule is CN1CCC(CN(C(=O)OCc2ccccc2)C(CCCCCO)CCCCCO)CC1. The average molecular weight is 449 g/mol. The molecule has 0 atom stereocenters. The normalized spacial score (nSPS) is 15.2. The third kappa shape index (κ3) is 10.3. The molecule has 2 N–H and O–H groups in total. The first-order valence-electron chi connectivity index (χ1n) is 12.5. The maximum atomic E-state index is 13.3. The van der Waals surface area contributed by atoms with Gasteiger partial charge < -0.3 is 24.7 Å². The maximum absolute atomic E-state index is 13.3. The van der Waals surface area contributed by atoms with Crippen molar-refractivity contribution < 1.29 is 19.7 Å². The van der Waals surface area contributed by atoms with Gasteiger partial charge in [0.15, 0.2) is 0 Å². The van der Waals surface area contributed by atoms with Crippen molar-refractivity contribution in [3.63, 3.8) is 0 Å². The highest BCUT2D eigenvalue weighted by Crippen LogP contribution is 2.24. The molecule has 1 aliphatic heterocycles. The summed E-state index contributed by atoms with van der Waals surface area (Å²) in [6.45, 7) is 3.65. The molecule has 1 aromatic carbocycles. The lowest BCUT2D eigenvalue weighted by molar-refractivity contribution is 0.0605. The molecule has 0 spiro atoms. The zero-order chi connectivity index (χ0) is 23.0. The highest BCUT2D eigenvalue weighted by atomic mass is 16.6. The zero-order valence-electron chi connectivity index (χ0n) is 20.0. The number of nitrogens with zero attached hydrogens (tertiary/aromatic N) is 2. The van der Waals surface area contributed by atoms with Gasteiger partial charge in [0.25, 0.3) is 0 Å². The number of hydrogen-bond donors (Lipinski definition) is 2. The summed E-state index contributed by atoms with van der Waals surface area (Å²) in [6.07, 6.45) is 9.47. The van der Waals surface area contributed by atoms with E-state index >= 15 is 0 Å². The fourth-order valence-corrected chi connectivity index (χ4v) is 4.49. The molecular formula is C26H44N2O4. The van der Waals surface area contributed by atoms with Crippen LogP contribution in [0.25, 0.3) is 0 Å². The summed E-state index contributed by atoms with van der Waals surface area (Å²) >= 11 is 0. The molecule has 0 aromatic heterocycles. The number of piperidine rings is 1. The second-order valence-electron chi connectivity index (χ2n) is 9.24. The Labute approximate surface area is 194 Å². The Bertz CT molecular complexity index is 593. The van der Waals surface area contributed by atoms with E-state index in [0.717, 1.165) is 89.4 Å². The van der Waals surface area contributed by atoms with Crippen LogP contribution in [0.4, 0.5) is 4.79 Å². The molecule has 1 saturated heterocycles. The molecule has 6 nitrogen and oxygen atoms in total. The minimum absolute atomic E-state index is 0.148. The molecule has 0 saturated carbocycles. The third-order valence-electron chi connectivity index (χ3n) is 6.56. The molecule has 0 aliphatic carbocycles. The molecule has 0 radical (unpaired) electrons. The quantitative estimate of drug-likeness (QED) is 0.388. The van der Waals surface area contributed by atoms with E-state index in [-0.39, 0.29) is 25.3 Å². The van der Waals surface area contributed by atoms with E-state index in [9.17, 15) is 4.79 Å². The predicted octanol–water partition coefficient (Wildman–Crippen LogP) is 4.44. The first-order valence-corrected chi connectivity index (χ1v) is 12.5. The van der Waals surface area contributed by atoms with Crippen molar-refractivity contribution in [2.75, 3.05) is 39.9 Å². The molecule has 6 heteroatoms. The number of likely N-dealkylation sites (tertiary alicyclic amines) is 1. The third-order valence-corrected chi connectivity index (χ3v) is 6.56. The molecule has 1 heterocycles. The summed E-state index contributed by atoms with van der Waals surface area (Å²) in [6, 6.07) is 10.0. The van der Waals surface area contributed by atoms with Gasteiger partial charge >= 0.3 is 6.09 Å². The summed E-state index contributed by atoms with van der Waals surface area (Å²) < 4.78 is 5.79. The first kappa shape index (κ1) is 26.6. The average Bonchev–Trinajstić information content (AvgIpc) is 2.82. The number of rotatable bonds is 15. The van der Waals surface area contributed by atoms with E-state index in [1.165, 1.54) is 0 Å². The fraction of sp³-hybridized carbons (Fsp3) is 0.731. The van der Waals surface area contributed by atoms with Crippen molar-refractivity contribution in [1.29, 1.82) is 0 Å². The monoisotopic (exact) mass is 448 g/mol. The van der Waals surface area contributed by atoms with Crippen molar-refractivity contribution >= 4 is 6.09 Å². The summed E-state index contributed by atoms with van der Waals surface area (Å²) in [5, 5.41) is 18.3. The molecule has 182 valence electrons. The van der Waals surface area contributed by atoms with E-state index < -0.39 is 0 Å². The Morgan fingerprint density at radius 3 is 2.16 bits per heavy atom. The largest absolute Gasteiger partial charge is 0.445 e. The first-order chi connectivity index (χ1) is 15.6. The summed E-state index contributed by atoms with van der Waals surface area (Å²) in [5.74, 6) is 0.507. The van der Waals surface area contributed by atoms with Crippen LogP contribution in [0.1, 0.15) is 69.8 Å². The lowest BCUT2D eigenvalue weighted by Crippen LogP contribution is -2.45. The van der Waals surface area contributed by atoms with E-state index in [0.29, 0.717) is 12.5 Å². The Morgan fingerprint density at radius 2 is 1.59 bits per heavy atom. The second-order valence-corrected chi connectivity index (χ2v) is 9.24. The molecule has 2 rings (SSSR count). The zero-order valence-corrected chi connectivity index (χ0v) is 20.0. The molecule has 1 aromatic rings. The van der Waals surface area contributed by atoms with E-state index in [2.05, 4.69) is 11.9 Å². The molecular weight excluding hydrogens is 404 g/mol. The van der Waals surface area contributed by atoms with Crippen molar-refractivity contribution in [1.82, 2.24) is 9.80 Å². The molecule has 0 unspecified atom stereocenters. The molecule has 1 aliphatic rings. The Morgan fingerprint density at radius 1 is 1.00 bits per heavy atom. The highest BCUT2D eigenvalue weighted by molar-refractivity contribution is 5.68. The number of aliphatic hydroxyl groups excluding tert-OH is 2. The molecule has 1 amide bonds. The number of hydrogen-bond acceptors (Lipinski definition) is 5. The van der Waals surface area contributed by atoms with Crippen LogP contribution < -0.4 is 0 Å². The van der Waals surface area contributed by atoms with Crippen molar-refractivity contribution in [2.45, 2.75) is 76.9 Å². The van der Waals surface area contributed by atoms with Crippen LogP contribution in [-0.2, 0) is 11.3 Å². The summed E-state index contributed by atoms with van der Waals surface area (Å²) in [7, 11) is 2.16. The minimum atomic E-state index is -0.206. The second kappa shape index (κ2) is 16.1. The van der Waals surface area contributed by atoms with Gasteiger partial charge in [-0.15, -0.1) is 0 Å². The van der Waals surface area contributed by atoms with E-state index in [4.69, 9.17) is 14.9 Å². The van der Waals surface area contributed by atoms with Gasteiger partial charge in [-0.2, -0.15) is 0 Å². The lowest BCUT2D eigenvalue weighted by atomic mass is 9.94. The van der Waals surface area contributed by atoms with Crippen LogP contribution >= 0.6 is 0 Å². The Balaban J connectivity index is 2.05. The van der Waals surface area contributed by atoms with Gasteiger partial charge in [0.05, 0.1) is 0 Å². The Kier molecular flexibility index (Phi) is 13.4. The van der Waals surface area contributed by atoms with E-state index in [1.54, 1.807) is 0 Å². The summed E-state index contributed by atoms with van der Waals surface area (Å²) in [5.41, 5.74) is 1.00. The van der Waals surface area contributed by atoms with Crippen LogP contribution in [0.2, 0.25) is 0 Å². The van der Waals surface area contributed by atoms with Gasteiger partial charge in [0.1, 0.15) is 6.61 Å². The van der Waals surface area contributed by atoms with Crippen molar-refractivity contribution in [2.24, 2.45) is 5.92 Å². The van der Waals surface area contributed by atoms with E-state index in [1.807, 2.05) is 35.2 Å². The number of unbranched alkanes of at least 4 members (excludes halogenated alkanes) is 4. The Hall–Kier alpha value is -1.63. The molecule has 0 bridgehead atoms. The number of benzene rings is 1. The smallest absolute Gasteiger partial charge is 0.410 e. The van der Waals surface area contributed by atoms with Gasteiger partial charge in [-0.3, -0.25) is 0 Å². The van der Waals surface area contributed by atoms with Crippen LogP contribution in [0.3, 0.4) is 0 Å². The maximum Gasteiger partial charge on any atom is 0.410 e. The molecule has 1 fully saturated rings. The number of carbonyl (C=O) groups is 1. The standard InChI is InChI=1S/C26H44N2O4/c1-27-17-15-23(16-18-27)21-28(26(31)32-22-24-11-5-2-6-12-24)25(13-7-3-9-19-29)14-8-4-10-20-30/h2,5-6,11-12,23,25,29-30H,3-4,7-10,13-22H2,1H3. The number of carbonyl (C=O) groups excluding carboxylic acids is 1. The van der Waals surface area contributed by atoms with Crippen LogP contribution in [0, 0.1) is 5.92 Å². The predicted molar refractivity (Wildman–Crippen MR) is 128 cm³/mol. The van der Waals surface area contributed by atoms with Gasteiger partial charge in [-0.1, -0.05) is 56.0 Å². The summed E-state index contributed by atoms with van der Waals surface area (Å²) in [4.78, 5) is 17.7. The topological polar surface area (TPSA) is 73.2 Å². The van der Waals surface area contributed by atoms with Crippen molar-refractivity contribution in [3.8, 4) is 0 Å². The number of aliphatic hydroxyl groups is 2. The molecule has 32 heavy (non-hydrogen) atoms.